The summed E-state index contributed by atoms with van der Waals surface area (Å²) in [6, 6.07) is 4.78. The molecule has 8 nitrogen and oxygen atoms in total. The van der Waals surface area contributed by atoms with E-state index in [1.54, 1.807) is 0 Å². The molecule has 0 aliphatic heterocycles. The molecule has 1 aromatic carbocycles. The average Bonchev–Trinajstić information content (AvgIpc) is 2.80. The summed E-state index contributed by atoms with van der Waals surface area (Å²) in [7, 11) is 2.51. The molecule has 2 atom stereocenters. The van der Waals surface area contributed by atoms with E-state index in [9.17, 15) is 27.9 Å². The summed E-state index contributed by atoms with van der Waals surface area (Å²) in [6.07, 6.45) is -1.76. The molecule has 0 amide bonds. The van der Waals surface area contributed by atoms with Crippen molar-refractivity contribution in [3.63, 3.8) is 0 Å². The molecule has 1 N–H and O–H groups in total. The fraction of sp³-hybridized carbons (Fsp3) is 0.304. The third-order valence-corrected chi connectivity index (χ3v) is 5.89. The Morgan fingerprint density at radius 1 is 1.20 bits per heavy atom. The van der Waals surface area contributed by atoms with Crippen molar-refractivity contribution < 1.29 is 32.5 Å². The highest BCUT2D eigenvalue weighted by Crippen LogP contribution is 2.50. The Balaban J connectivity index is 1.96. The van der Waals surface area contributed by atoms with Crippen LogP contribution in [0.1, 0.15) is 39.9 Å². The Morgan fingerprint density at radius 3 is 2.34 bits per heavy atom. The number of aliphatic hydroxyl groups is 1. The van der Waals surface area contributed by atoms with Crippen molar-refractivity contribution in [1.82, 2.24) is 14.5 Å². The Hall–Kier alpha value is -3.44. The van der Waals surface area contributed by atoms with Crippen LogP contribution in [0.3, 0.4) is 0 Å². The second kappa shape index (κ2) is 9.67. The summed E-state index contributed by atoms with van der Waals surface area (Å²) in [4.78, 5) is 31.2. The van der Waals surface area contributed by atoms with Gasteiger partial charge in [-0.25, -0.2) is 14.8 Å². The zero-order valence-electron chi connectivity index (χ0n) is 19.1. The van der Waals surface area contributed by atoms with Gasteiger partial charge in [-0.1, -0.05) is 24.6 Å². The normalized spacial score (nSPS) is 14.2. The lowest BCUT2D eigenvalue weighted by molar-refractivity contribution is -0.274. The van der Waals surface area contributed by atoms with Gasteiger partial charge in [-0.3, -0.25) is 4.79 Å². The molecular formula is C23H21ClF3N3O5. The molecule has 3 aromatic rings. The highest BCUT2D eigenvalue weighted by molar-refractivity contribution is 6.31. The fourth-order valence-corrected chi connectivity index (χ4v) is 3.92. The summed E-state index contributed by atoms with van der Waals surface area (Å²) in [5.74, 6) is -2.08. The first-order valence-corrected chi connectivity index (χ1v) is 10.5. The van der Waals surface area contributed by atoms with Crippen LogP contribution in [0, 0.1) is 6.92 Å². The number of alkyl halides is 3. The van der Waals surface area contributed by atoms with E-state index in [0.717, 1.165) is 16.8 Å². The first-order chi connectivity index (χ1) is 16.3. The van der Waals surface area contributed by atoms with E-state index in [2.05, 4.69) is 14.7 Å². The van der Waals surface area contributed by atoms with E-state index in [4.69, 9.17) is 16.3 Å². The fourth-order valence-electron chi connectivity index (χ4n) is 3.59. The topological polar surface area (TPSA) is 104 Å². The van der Waals surface area contributed by atoms with E-state index in [1.807, 2.05) is 0 Å². The summed E-state index contributed by atoms with van der Waals surface area (Å²) in [5.41, 5.74) is -4.18. The minimum Gasteiger partial charge on any atom is -0.465 e. The van der Waals surface area contributed by atoms with Gasteiger partial charge >= 0.3 is 18.2 Å². The standard InChI is InChI=1S/C23H21ClF3N3O5/c1-12-7-15(11-30(3)19(12)31)22(33,23(25,26)27)13(2)17-6-5-16(8-18(17)24)35-21-28-9-14(10-29-21)20(32)34-4/h5-11,13,33H,1-4H3. The molecule has 0 spiro atoms. The van der Waals surface area contributed by atoms with Crippen LogP contribution in [0.25, 0.3) is 0 Å². The van der Waals surface area contributed by atoms with Crippen molar-refractivity contribution in [2.24, 2.45) is 7.05 Å². The Bertz CT molecular complexity index is 1280. The smallest absolute Gasteiger partial charge is 0.422 e. The van der Waals surface area contributed by atoms with Gasteiger partial charge in [-0.05, 0) is 30.7 Å². The number of halogens is 4. The number of hydrogen-bond donors (Lipinski definition) is 1. The maximum atomic E-state index is 14.2. The number of carbonyl (C=O) groups is 1. The van der Waals surface area contributed by atoms with E-state index in [0.29, 0.717) is 0 Å². The van der Waals surface area contributed by atoms with Gasteiger partial charge in [0.15, 0.2) is 5.60 Å². The largest absolute Gasteiger partial charge is 0.465 e. The zero-order chi connectivity index (χ0) is 26.1. The Kier molecular flexibility index (Phi) is 7.23. The number of aromatic nitrogens is 3. The van der Waals surface area contributed by atoms with Crippen LogP contribution in [0.4, 0.5) is 13.2 Å². The zero-order valence-corrected chi connectivity index (χ0v) is 19.8. The third kappa shape index (κ3) is 5.01. The van der Waals surface area contributed by atoms with E-state index >= 15 is 0 Å². The SMILES string of the molecule is COC(=O)c1cnc(Oc2ccc(C(C)C(O)(c3cc(C)c(=O)n(C)c3)C(F)(F)F)c(Cl)c2)nc1. The molecule has 0 saturated carbocycles. The number of rotatable bonds is 6. The molecule has 3 rings (SSSR count). The van der Waals surface area contributed by atoms with Gasteiger partial charge < -0.3 is 19.1 Å². The molecule has 2 heterocycles. The summed E-state index contributed by atoms with van der Waals surface area (Å²) in [6.45, 7) is 2.55. The van der Waals surface area contributed by atoms with Gasteiger partial charge in [0.1, 0.15) is 5.75 Å². The highest BCUT2D eigenvalue weighted by Gasteiger charge is 2.59. The minimum atomic E-state index is -5.09. The van der Waals surface area contributed by atoms with Gasteiger partial charge in [0.2, 0.25) is 0 Å². The lowest BCUT2D eigenvalue weighted by Gasteiger charge is -2.37. The van der Waals surface area contributed by atoms with E-state index in [-0.39, 0.29) is 33.5 Å². The second-order valence-corrected chi connectivity index (χ2v) is 8.25. The molecule has 0 bridgehead atoms. The molecule has 35 heavy (non-hydrogen) atoms. The van der Waals surface area contributed by atoms with Crippen molar-refractivity contribution >= 4 is 17.6 Å². The highest BCUT2D eigenvalue weighted by atomic mass is 35.5. The van der Waals surface area contributed by atoms with Crippen LogP contribution >= 0.6 is 11.6 Å². The Morgan fingerprint density at radius 2 is 1.83 bits per heavy atom. The van der Waals surface area contributed by atoms with Crippen molar-refractivity contribution in [2.75, 3.05) is 7.11 Å². The number of aryl methyl sites for hydroxylation is 2. The molecule has 12 heteroatoms. The summed E-state index contributed by atoms with van der Waals surface area (Å²) < 4.78 is 53.7. The van der Waals surface area contributed by atoms with Crippen molar-refractivity contribution in [3.05, 3.63) is 80.5 Å². The van der Waals surface area contributed by atoms with Gasteiger partial charge in [0.05, 0.1) is 12.7 Å². The maximum Gasteiger partial charge on any atom is 0.422 e. The number of benzene rings is 1. The van der Waals surface area contributed by atoms with Crippen molar-refractivity contribution in [1.29, 1.82) is 0 Å². The number of carbonyl (C=O) groups excluding carboxylic acids is 1. The van der Waals surface area contributed by atoms with Gasteiger partial charge in [-0.15, -0.1) is 0 Å². The number of esters is 1. The van der Waals surface area contributed by atoms with Crippen LogP contribution < -0.4 is 10.3 Å². The second-order valence-electron chi connectivity index (χ2n) is 7.84. The lowest BCUT2D eigenvalue weighted by Crippen LogP contribution is -2.47. The number of methoxy groups -OCH3 is 1. The quantitative estimate of drug-likeness (QED) is 0.493. The molecule has 0 radical (unpaired) electrons. The van der Waals surface area contributed by atoms with Gasteiger partial charge in [0.25, 0.3) is 5.56 Å². The van der Waals surface area contributed by atoms with E-state index in [1.165, 1.54) is 58.6 Å². The molecule has 0 fully saturated rings. The maximum absolute atomic E-state index is 14.2. The molecule has 0 aliphatic rings. The third-order valence-electron chi connectivity index (χ3n) is 5.56. The molecule has 0 saturated heterocycles. The van der Waals surface area contributed by atoms with Crippen molar-refractivity contribution in [3.8, 4) is 11.8 Å². The summed E-state index contributed by atoms with van der Waals surface area (Å²) in [5, 5.41) is 10.9. The lowest BCUT2D eigenvalue weighted by atomic mass is 9.78. The van der Waals surface area contributed by atoms with Gasteiger partial charge in [0, 0.05) is 47.7 Å². The molecule has 186 valence electrons. The molecule has 0 aliphatic carbocycles. The first kappa shape index (κ1) is 26.2. The number of ether oxygens (including phenoxy) is 2. The average molecular weight is 512 g/mol. The van der Waals surface area contributed by atoms with Crippen LogP contribution in [0.15, 0.2) is 47.7 Å². The summed E-state index contributed by atoms with van der Waals surface area (Å²) >= 11 is 6.29. The Labute approximate surface area is 202 Å². The number of nitrogens with zero attached hydrogens (tertiary/aromatic N) is 3. The number of pyridine rings is 1. The molecule has 2 aromatic heterocycles. The van der Waals surface area contributed by atoms with Crippen LogP contribution in [0.2, 0.25) is 5.02 Å². The van der Waals surface area contributed by atoms with Gasteiger partial charge in [-0.2, -0.15) is 13.2 Å². The predicted octanol–water partition coefficient (Wildman–Crippen LogP) is 4.27. The van der Waals surface area contributed by atoms with Crippen LogP contribution in [-0.2, 0) is 17.4 Å². The van der Waals surface area contributed by atoms with E-state index < -0.39 is 34.8 Å². The van der Waals surface area contributed by atoms with Crippen LogP contribution in [-0.4, -0.2) is 38.9 Å². The van der Waals surface area contributed by atoms with Crippen LogP contribution in [0.5, 0.6) is 11.8 Å². The monoisotopic (exact) mass is 511 g/mol. The molecule has 2 unspecified atom stereocenters. The minimum absolute atomic E-state index is 0.00712. The first-order valence-electron chi connectivity index (χ1n) is 10.1. The molecular weight excluding hydrogens is 491 g/mol. The predicted molar refractivity (Wildman–Crippen MR) is 120 cm³/mol. The number of hydrogen-bond acceptors (Lipinski definition) is 7. The van der Waals surface area contributed by atoms with Crippen molar-refractivity contribution in [2.45, 2.75) is 31.5 Å².